The quantitative estimate of drug-likeness (QED) is 0.446. The number of piperidine rings is 1. The van der Waals surface area contributed by atoms with Crippen molar-refractivity contribution >= 4 is 22.7 Å². The number of fused-ring (bicyclic) bond motifs is 3. The molecule has 2 aliphatic heterocycles. The van der Waals surface area contributed by atoms with Gasteiger partial charge in [0.25, 0.3) is 5.91 Å². The van der Waals surface area contributed by atoms with E-state index in [9.17, 15) is 9.59 Å². The highest BCUT2D eigenvalue weighted by molar-refractivity contribution is 6.03. The van der Waals surface area contributed by atoms with Gasteiger partial charge in [0.05, 0.1) is 19.2 Å². The Balaban J connectivity index is 1.37. The molecule has 5 rings (SSSR count). The Labute approximate surface area is 225 Å². The number of hydrogen-bond donors (Lipinski definition) is 1. The fraction of sp³-hybridized carbons (Fsp3) is 0.484. The standard InChI is InChI=1S/C31H40N4O3/c1-22-15-23(2)19-33(18-22)14-8-13-32-30(37)31(3)21-34-27-17-26(38-4)12-11-25(27)16-28(34)29(36)35(31)20-24-9-6-5-7-10-24/h5-7,9-12,16-17,22-23H,8,13-15,18-21H2,1-4H3,(H,32,37)/t22-,23-,31-/m1/s1. The molecule has 0 spiro atoms. The number of nitrogens with zero attached hydrogens (tertiary/aromatic N) is 3. The van der Waals surface area contributed by atoms with Crippen molar-refractivity contribution in [3.63, 3.8) is 0 Å². The summed E-state index contributed by atoms with van der Waals surface area (Å²) in [7, 11) is 1.64. The smallest absolute Gasteiger partial charge is 0.271 e. The molecule has 38 heavy (non-hydrogen) atoms. The van der Waals surface area contributed by atoms with Crippen LogP contribution in [0.15, 0.2) is 54.6 Å². The number of aromatic nitrogens is 1. The van der Waals surface area contributed by atoms with E-state index in [-0.39, 0.29) is 11.8 Å². The van der Waals surface area contributed by atoms with E-state index >= 15 is 0 Å². The van der Waals surface area contributed by atoms with Gasteiger partial charge >= 0.3 is 0 Å². The van der Waals surface area contributed by atoms with E-state index in [0.717, 1.165) is 60.1 Å². The Bertz CT molecular complexity index is 1290. The number of carbonyl (C=O) groups excluding carboxylic acids is 2. The number of benzene rings is 2. The van der Waals surface area contributed by atoms with Crippen LogP contribution in [0.1, 0.15) is 49.7 Å². The van der Waals surface area contributed by atoms with Crippen molar-refractivity contribution in [2.24, 2.45) is 11.8 Å². The Morgan fingerprint density at radius 1 is 1.08 bits per heavy atom. The third-order valence-corrected chi connectivity index (χ3v) is 8.19. The van der Waals surface area contributed by atoms with Crippen LogP contribution in [0.25, 0.3) is 10.9 Å². The maximum absolute atomic E-state index is 14.0. The van der Waals surface area contributed by atoms with Gasteiger partial charge in [0.1, 0.15) is 17.0 Å². The topological polar surface area (TPSA) is 66.8 Å². The first-order valence-electron chi connectivity index (χ1n) is 13.8. The van der Waals surface area contributed by atoms with E-state index in [1.807, 2.05) is 66.1 Å². The molecule has 3 atom stereocenters. The van der Waals surface area contributed by atoms with Crippen LogP contribution >= 0.6 is 0 Å². The van der Waals surface area contributed by atoms with Crippen LogP contribution in [0.2, 0.25) is 0 Å². The van der Waals surface area contributed by atoms with E-state index < -0.39 is 5.54 Å². The molecule has 1 aromatic heterocycles. The summed E-state index contributed by atoms with van der Waals surface area (Å²) in [6.07, 6.45) is 2.18. The van der Waals surface area contributed by atoms with Crippen LogP contribution in [0.4, 0.5) is 0 Å². The normalized spacial score (nSPS) is 23.9. The summed E-state index contributed by atoms with van der Waals surface area (Å²) in [4.78, 5) is 32.1. The Morgan fingerprint density at radius 2 is 1.82 bits per heavy atom. The van der Waals surface area contributed by atoms with E-state index in [1.54, 1.807) is 12.0 Å². The zero-order valence-electron chi connectivity index (χ0n) is 23.1. The van der Waals surface area contributed by atoms with Crippen molar-refractivity contribution in [3.05, 3.63) is 65.9 Å². The average molecular weight is 517 g/mol. The fourth-order valence-electron chi connectivity index (χ4n) is 6.34. The third-order valence-electron chi connectivity index (χ3n) is 8.19. The summed E-state index contributed by atoms with van der Waals surface area (Å²) in [5.41, 5.74) is 1.46. The number of likely N-dealkylation sites (tertiary alicyclic amines) is 1. The van der Waals surface area contributed by atoms with E-state index in [4.69, 9.17) is 4.74 Å². The van der Waals surface area contributed by atoms with Gasteiger partial charge < -0.3 is 24.4 Å². The summed E-state index contributed by atoms with van der Waals surface area (Å²) < 4.78 is 7.43. The SMILES string of the molecule is COc1ccc2cc3n(c2c1)C[C@](C)(C(=O)NCCCN1C[C@H](C)C[C@@H](C)C1)N(Cc1ccccc1)C3=O. The predicted octanol–water partition coefficient (Wildman–Crippen LogP) is 4.55. The molecule has 3 heterocycles. The summed E-state index contributed by atoms with van der Waals surface area (Å²) in [6, 6.07) is 17.6. The van der Waals surface area contributed by atoms with E-state index in [1.165, 1.54) is 6.42 Å². The summed E-state index contributed by atoms with van der Waals surface area (Å²) in [5, 5.41) is 4.15. The van der Waals surface area contributed by atoms with Crippen LogP contribution in [0.5, 0.6) is 5.75 Å². The molecule has 202 valence electrons. The number of nitrogens with one attached hydrogen (secondary N) is 1. The van der Waals surface area contributed by atoms with E-state index in [0.29, 0.717) is 25.3 Å². The van der Waals surface area contributed by atoms with Gasteiger partial charge in [-0.25, -0.2) is 0 Å². The van der Waals surface area contributed by atoms with Crippen LogP contribution in [0, 0.1) is 11.8 Å². The van der Waals surface area contributed by atoms with Crippen LogP contribution < -0.4 is 10.1 Å². The first-order valence-corrected chi connectivity index (χ1v) is 13.8. The Hall–Kier alpha value is -3.32. The van der Waals surface area contributed by atoms with Crippen molar-refractivity contribution in [1.29, 1.82) is 0 Å². The summed E-state index contributed by atoms with van der Waals surface area (Å²) >= 11 is 0. The largest absolute Gasteiger partial charge is 0.497 e. The zero-order chi connectivity index (χ0) is 26.9. The highest BCUT2D eigenvalue weighted by Crippen LogP contribution is 2.34. The second-order valence-corrected chi connectivity index (χ2v) is 11.5. The number of carbonyl (C=O) groups is 2. The van der Waals surface area contributed by atoms with Crippen molar-refractivity contribution in [2.75, 3.05) is 33.3 Å². The Morgan fingerprint density at radius 3 is 2.53 bits per heavy atom. The van der Waals surface area contributed by atoms with Gasteiger partial charge in [-0.05, 0) is 61.9 Å². The lowest BCUT2D eigenvalue weighted by Crippen LogP contribution is -2.63. The number of amides is 2. The second kappa shape index (κ2) is 10.8. The molecule has 0 bridgehead atoms. The lowest BCUT2D eigenvalue weighted by molar-refractivity contribution is -0.133. The fourth-order valence-corrected chi connectivity index (χ4v) is 6.34. The van der Waals surface area contributed by atoms with Crippen molar-refractivity contribution < 1.29 is 14.3 Å². The molecule has 7 nitrogen and oxygen atoms in total. The van der Waals surface area contributed by atoms with Gasteiger partial charge in [0.2, 0.25) is 5.91 Å². The molecule has 0 unspecified atom stereocenters. The lowest BCUT2D eigenvalue weighted by Gasteiger charge is -2.44. The summed E-state index contributed by atoms with van der Waals surface area (Å²) in [5.74, 6) is 1.92. The number of methoxy groups -OCH3 is 1. The molecule has 3 aromatic rings. The minimum absolute atomic E-state index is 0.113. The van der Waals surface area contributed by atoms with Gasteiger partial charge in [0.15, 0.2) is 0 Å². The first-order chi connectivity index (χ1) is 18.3. The molecule has 7 heteroatoms. The second-order valence-electron chi connectivity index (χ2n) is 11.5. The number of hydrogen-bond acceptors (Lipinski definition) is 4. The van der Waals surface area contributed by atoms with Gasteiger partial charge in [-0.2, -0.15) is 0 Å². The Kier molecular flexibility index (Phi) is 7.48. The molecule has 0 aliphatic carbocycles. The van der Waals surface area contributed by atoms with Crippen LogP contribution in [-0.2, 0) is 17.9 Å². The molecular weight excluding hydrogens is 476 g/mol. The van der Waals surface area contributed by atoms with Crippen molar-refractivity contribution in [1.82, 2.24) is 19.7 Å². The molecule has 1 fully saturated rings. The number of rotatable bonds is 8. The maximum atomic E-state index is 14.0. The minimum Gasteiger partial charge on any atom is -0.497 e. The van der Waals surface area contributed by atoms with Crippen LogP contribution in [0.3, 0.4) is 0 Å². The molecule has 2 aliphatic rings. The van der Waals surface area contributed by atoms with Crippen LogP contribution in [-0.4, -0.2) is 65.0 Å². The molecule has 2 amide bonds. The van der Waals surface area contributed by atoms with Crippen molar-refractivity contribution in [3.8, 4) is 5.75 Å². The molecule has 1 N–H and O–H groups in total. The highest BCUT2D eigenvalue weighted by Gasteiger charge is 2.47. The van der Waals surface area contributed by atoms with Gasteiger partial charge in [0, 0.05) is 37.6 Å². The monoisotopic (exact) mass is 516 g/mol. The third kappa shape index (κ3) is 5.17. The molecule has 0 saturated carbocycles. The average Bonchev–Trinajstić information content (AvgIpc) is 3.26. The molecule has 1 saturated heterocycles. The molecular formula is C31H40N4O3. The maximum Gasteiger partial charge on any atom is 0.271 e. The minimum atomic E-state index is -1.04. The van der Waals surface area contributed by atoms with E-state index in [2.05, 4.69) is 24.1 Å². The van der Waals surface area contributed by atoms with Gasteiger partial charge in [-0.1, -0.05) is 44.2 Å². The predicted molar refractivity (Wildman–Crippen MR) is 150 cm³/mol. The highest BCUT2D eigenvalue weighted by atomic mass is 16.5. The first kappa shape index (κ1) is 26.3. The van der Waals surface area contributed by atoms with Gasteiger partial charge in [-0.3, -0.25) is 9.59 Å². The van der Waals surface area contributed by atoms with Gasteiger partial charge in [-0.15, -0.1) is 0 Å². The zero-order valence-corrected chi connectivity index (χ0v) is 23.1. The number of ether oxygens (including phenoxy) is 1. The molecule has 0 radical (unpaired) electrons. The molecule has 2 aromatic carbocycles. The summed E-state index contributed by atoms with van der Waals surface area (Å²) in [6.45, 7) is 11.1. The lowest BCUT2D eigenvalue weighted by atomic mass is 9.92. The van der Waals surface area contributed by atoms with Crippen molar-refractivity contribution in [2.45, 2.75) is 52.2 Å².